The van der Waals surface area contributed by atoms with Crippen LogP contribution in [0.15, 0.2) is 60.7 Å². The lowest BCUT2D eigenvalue weighted by Crippen LogP contribution is -2.14. The van der Waals surface area contributed by atoms with Crippen molar-refractivity contribution in [2.24, 2.45) is 11.5 Å². The van der Waals surface area contributed by atoms with Crippen LogP contribution in [0.25, 0.3) is 0 Å². The number of aryl methyl sites for hydroxylation is 2. The first kappa shape index (κ1) is 23.9. The van der Waals surface area contributed by atoms with Crippen molar-refractivity contribution in [1.82, 2.24) is 0 Å². The number of fused-ring (bicyclic) bond motifs is 1. The van der Waals surface area contributed by atoms with Crippen molar-refractivity contribution in [3.63, 3.8) is 0 Å². The molecule has 172 valence electrons. The Morgan fingerprint density at radius 1 is 0.970 bits per heavy atom. The fraction of sp³-hybridized carbons (Fsp3) is 0.259. The van der Waals surface area contributed by atoms with Gasteiger partial charge in [-0.25, -0.2) is 0 Å². The lowest BCUT2D eigenvalue weighted by atomic mass is 9.97. The van der Waals surface area contributed by atoms with E-state index in [0.29, 0.717) is 17.7 Å². The Hall–Kier alpha value is -3.80. The van der Waals surface area contributed by atoms with Crippen LogP contribution in [0.1, 0.15) is 51.0 Å². The lowest BCUT2D eigenvalue weighted by molar-refractivity contribution is -0.117. The molecule has 0 spiro atoms. The average Bonchev–Trinajstić information content (AvgIpc) is 2.79. The number of carbonyl (C=O) groups is 2. The van der Waals surface area contributed by atoms with Crippen LogP contribution in [0.3, 0.4) is 0 Å². The molecule has 6 nitrogen and oxygen atoms in total. The van der Waals surface area contributed by atoms with Gasteiger partial charge < -0.3 is 22.5 Å². The summed E-state index contributed by atoms with van der Waals surface area (Å²) in [6.07, 6.45) is 4.22. The van der Waals surface area contributed by atoms with Crippen LogP contribution >= 0.6 is 0 Å². The zero-order valence-electron chi connectivity index (χ0n) is 19.1. The molecule has 1 heterocycles. The van der Waals surface area contributed by atoms with Gasteiger partial charge in [-0.3, -0.25) is 9.59 Å². The largest absolute Gasteiger partial charge is 0.398 e. The highest BCUT2D eigenvalue weighted by Crippen LogP contribution is 2.24. The Balaban J connectivity index is 0.000000186. The van der Waals surface area contributed by atoms with Gasteiger partial charge in [0.05, 0.1) is 0 Å². The minimum Gasteiger partial charge on any atom is -0.398 e. The standard InChI is InChI=1S/C16H17N.C11H15N3O2/c1-2-5-13(6-3-1)11-14-8-9-16-15(12-14)7-4-10-17-16;1-6-4-7(11(14)16)5-9(12)8(6)2-3-10(13)15/h1-3,5-6,8-9,12,17H,4,7,10-11H2;4-5H,2-3,12H2,1H3,(H2,13,15)(H2,14,16). The van der Waals surface area contributed by atoms with E-state index in [4.69, 9.17) is 17.2 Å². The SMILES string of the molecule is Cc1cc(C(N)=O)cc(N)c1CCC(N)=O.c1ccc(Cc2ccc3c(c2)CCCN3)cc1. The maximum Gasteiger partial charge on any atom is 0.248 e. The quantitative estimate of drug-likeness (QED) is 0.432. The summed E-state index contributed by atoms with van der Waals surface area (Å²) in [5.41, 5.74) is 24.1. The van der Waals surface area contributed by atoms with Gasteiger partial charge in [0, 0.05) is 29.9 Å². The molecule has 0 unspecified atom stereocenters. The topological polar surface area (TPSA) is 124 Å². The van der Waals surface area contributed by atoms with Gasteiger partial charge in [0.25, 0.3) is 0 Å². The first-order valence-electron chi connectivity index (χ1n) is 11.2. The van der Waals surface area contributed by atoms with Crippen LogP contribution < -0.4 is 22.5 Å². The third-order valence-corrected chi connectivity index (χ3v) is 5.77. The number of nitrogen functional groups attached to an aromatic ring is 1. The van der Waals surface area contributed by atoms with E-state index in [1.54, 1.807) is 6.07 Å². The average molecular weight is 445 g/mol. The van der Waals surface area contributed by atoms with Gasteiger partial charge in [-0.05, 0) is 78.6 Å². The Kier molecular flexibility index (Phi) is 8.08. The number of nitrogens with one attached hydrogen (secondary N) is 1. The third-order valence-electron chi connectivity index (χ3n) is 5.77. The molecular formula is C27H32N4O2. The molecule has 33 heavy (non-hydrogen) atoms. The van der Waals surface area contributed by atoms with E-state index in [1.807, 2.05) is 6.92 Å². The molecule has 0 saturated heterocycles. The van der Waals surface area contributed by atoms with Crippen molar-refractivity contribution in [1.29, 1.82) is 0 Å². The van der Waals surface area contributed by atoms with Crippen LogP contribution in [0.4, 0.5) is 11.4 Å². The minimum absolute atomic E-state index is 0.237. The summed E-state index contributed by atoms with van der Waals surface area (Å²) in [5, 5.41) is 3.45. The first-order valence-corrected chi connectivity index (χ1v) is 11.2. The number of carbonyl (C=O) groups excluding carboxylic acids is 2. The minimum atomic E-state index is -0.517. The smallest absolute Gasteiger partial charge is 0.248 e. The Bertz CT molecular complexity index is 1100. The predicted molar refractivity (Wildman–Crippen MR) is 134 cm³/mol. The molecule has 0 fully saturated rings. The number of primary amides is 2. The van der Waals surface area contributed by atoms with Crippen molar-refractivity contribution in [2.75, 3.05) is 17.6 Å². The molecule has 6 heteroatoms. The van der Waals surface area contributed by atoms with Crippen molar-refractivity contribution in [2.45, 2.75) is 39.0 Å². The van der Waals surface area contributed by atoms with Crippen molar-refractivity contribution in [3.05, 3.63) is 94.0 Å². The van der Waals surface area contributed by atoms with Crippen LogP contribution in [-0.2, 0) is 24.1 Å². The molecule has 0 radical (unpaired) electrons. The van der Waals surface area contributed by atoms with E-state index >= 15 is 0 Å². The monoisotopic (exact) mass is 444 g/mol. The second kappa shape index (κ2) is 11.2. The number of amides is 2. The maximum atomic E-state index is 11.0. The zero-order chi connectivity index (χ0) is 23.8. The maximum absolute atomic E-state index is 11.0. The van der Waals surface area contributed by atoms with Gasteiger partial charge in [-0.15, -0.1) is 0 Å². The van der Waals surface area contributed by atoms with Crippen LogP contribution in [-0.4, -0.2) is 18.4 Å². The van der Waals surface area contributed by atoms with Gasteiger partial charge in [-0.1, -0.05) is 42.5 Å². The van der Waals surface area contributed by atoms with E-state index in [9.17, 15) is 9.59 Å². The highest BCUT2D eigenvalue weighted by Gasteiger charge is 2.10. The van der Waals surface area contributed by atoms with Crippen LogP contribution in [0.2, 0.25) is 0 Å². The molecule has 1 aliphatic heterocycles. The Labute approximate surface area is 195 Å². The summed E-state index contributed by atoms with van der Waals surface area (Å²) in [6, 6.07) is 20.7. The molecule has 0 atom stereocenters. The van der Waals surface area contributed by atoms with Gasteiger partial charge in [-0.2, -0.15) is 0 Å². The summed E-state index contributed by atoms with van der Waals surface area (Å²) >= 11 is 0. The Morgan fingerprint density at radius 3 is 2.39 bits per heavy atom. The van der Waals surface area contributed by atoms with Crippen molar-refractivity contribution < 1.29 is 9.59 Å². The van der Waals surface area contributed by atoms with Gasteiger partial charge in [0.2, 0.25) is 11.8 Å². The number of anilines is 2. The predicted octanol–water partition coefficient (Wildman–Crippen LogP) is 3.73. The molecular weight excluding hydrogens is 412 g/mol. The summed E-state index contributed by atoms with van der Waals surface area (Å²) in [4.78, 5) is 21.7. The summed E-state index contributed by atoms with van der Waals surface area (Å²) in [5.74, 6) is -0.894. The van der Waals surface area contributed by atoms with E-state index in [1.165, 1.54) is 41.3 Å². The molecule has 1 aliphatic rings. The number of benzene rings is 3. The number of hydrogen-bond donors (Lipinski definition) is 4. The van der Waals surface area contributed by atoms with Gasteiger partial charge >= 0.3 is 0 Å². The number of rotatable bonds is 6. The number of hydrogen-bond acceptors (Lipinski definition) is 4. The van der Waals surface area contributed by atoms with Gasteiger partial charge in [0.1, 0.15) is 0 Å². The second-order valence-corrected chi connectivity index (χ2v) is 8.38. The van der Waals surface area contributed by atoms with Crippen molar-refractivity contribution in [3.8, 4) is 0 Å². The summed E-state index contributed by atoms with van der Waals surface area (Å²) in [7, 11) is 0. The lowest BCUT2D eigenvalue weighted by Gasteiger charge is -2.18. The van der Waals surface area contributed by atoms with E-state index < -0.39 is 5.91 Å². The third kappa shape index (κ3) is 6.84. The Morgan fingerprint density at radius 2 is 1.73 bits per heavy atom. The highest BCUT2D eigenvalue weighted by atomic mass is 16.1. The first-order chi connectivity index (χ1) is 15.8. The summed E-state index contributed by atoms with van der Waals surface area (Å²) < 4.78 is 0. The molecule has 2 amide bonds. The van der Waals surface area contributed by atoms with Crippen LogP contribution in [0.5, 0.6) is 0 Å². The van der Waals surface area contributed by atoms with Gasteiger partial charge in [0.15, 0.2) is 0 Å². The summed E-state index contributed by atoms with van der Waals surface area (Å²) in [6.45, 7) is 2.93. The second-order valence-electron chi connectivity index (χ2n) is 8.38. The normalized spacial score (nSPS) is 12.0. The molecule has 3 aromatic carbocycles. The molecule has 0 saturated carbocycles. The fourth-order valence-corrected chi connectivity index (χ4v) is 4.05. The van der Waals surface area contributed by atoms with E-state index in [0.717, 1.165) is 24.1 Å². The van der Waals surface area contributed by atoms with E-state index in [-0.39, 0.29) is 12.3 Å². The number of nitrogens with two attached hydrogens (primary N) is 3. The molecule has 3 aromatic rings. The van der Waals surface area contributed by atoms with Crippen molar-refractivity contribution >= 4 is 23.2 Å². The fourth-order valence-electron chi connectivity index (χ4n) is 4.05. The molecule has 0 bridgehead atoms. The van der Waals surface area contributed by atoms with Crippen LogP contribution in [0, 0.1) is 6.92 Å². The van der Waals surface area contributed by atoms with E-state index in [2.05, 4.69) is 53.8 Å². The molecule has 4 rings (SSSR count). The molecule has 0 aromatic heterocycles. The molecule has 0 aliphatic carbocycles. The zero-order valence-corrected chi connectivity index (χ0v) is 19.1. The molecule has 7 N–H and O–H groups in total. The highest BCUT2D eigenvalue weighted by molar-refractivity contribution is 5.94.